The molecule has 24 heavy (non-hydrogen) atoms. The topological polar surface area (TPSA) is 85.8 Å². The predicted octanol–water partition coefficient (Wildman–Crippen LogP) is 2.79. The van der Waals surface area contributed by atoms with Crippen molar-refractivity contribution in [1.82, 2.24) is 25.1 Å². The van der Waals surface area contributed by atoms with Gasteiger partial charge in [0, 0.05) is 13.3 Å². The van der Waals surface area contributed by atoms with Crippen molar-refractivity contribution in [3.05, 3.63) is 48.7 Å². The van der Waals surface area contributed by atoms with Crippen molar-refractivity contribution in [2.24, 2.45) is 0 Å². The zero-order valence-electron chi connectivity index (χ0n) is 12.6. The molecule has 0 aliphatic carbocycles. The molecule has 0 atom stereocenters. The molecule has 124 valence electrons. The van der Waals surface area contributed by atoms with Gasteiger partial charge in [-0.25, -0.2) is 9.97 Å². The summed E-state index contributed by atoms with van der Waals surface area (Å²) >= 11 is 0. The summed E-state index contributed by atoms with van der Waals surface area (Å²) in [6.45, 7) is -0.740. The number of nitrogens with zero attached hydrogens (tertiary/aromatic N) is 4. The molecule has 0 aliphatic heterocycles. The smallest absolute Gasteiger partial charge is 0.312 e. The van der Waals surface area contributed by atoms with Crippen LogP contribution in [0.2, 0.25) is 0 Å². The molecule has 0 aromatic carbocycles. The van der Waals surface area contributed by atoms with Gasteiger partial charge in [0.15, 0.2) is 5.82 Å². The molecule has 3 rings (SSSR count). The van der Waals surface area contributed by atoms with E-state index in [2.05, 4.69) is 29.9 Å². The summed E-state index contributed by atoms with van der Waals surface area (Å²) in [6.07, 6.45) is 4.11. The summed E-state index contributed by atoms with van der Waals surface area (Å²) in [4.78, 5) is 11.9. The van der Waals surface area contributed by atoms with Crippen LogP contribution in [-0.2, 0) is 10.7 Å². The number of nitrogens with one attached hydrogen (secondary N) is 1. The van der Waals surface area contributed by atoms with Crippen molar-refractivity contribution >= 4 is 0 Å². The maximum absolute atomic E-state index is 13.7. The Balaban J connectivity index is 1.83. The Kier molecular flexibility index (Phi) is 4.43. The number of hydrogen-bond acceptors (Lipinski definition) is 6. The van der Waals surface area contributed by atoms with E-state index in [9.17, 15) is 8.78 Å². The fourth-order valence-corrected chi connectivity index (χ4v) is 2.01. The van der Waals surface area contributed by atoms with Crippen molar-refractivity contribution in [2.45, 2.75) is 5.92 Å². The summed E-state index contributed by atoms with van der Waals surface area (Å²) < 4.78 is 37.5. The van der Waals surface area contributed by atoms with E-state index < -0.39 is 18.2 Å². The lowest BCUT2D eigenvalue weighted by molar-refractivity contribution is -0.0731. The maximum atomic E-state index is 13.7. The Morgan fingerprint density at radius 2 is 2.04 bits per heavy atom. The average molecular weight is 333 g/mol. The Bertz CT molecular complexity index is 794. The van der Waals surface area contributed by atoms with E-state index in [-0.39, 0.29) is 11.6 Å². The Morgan fingerprint density at radius 3 is 2.71 bits per heavy atom. The van der Waals surface area contributed by atoms with Crippen LogP contribution in [0.25, 0.3) is 11.4 Å². The SMILES string of the molecule is COCC(F)(F)c1ccc(Oc2ncccc2-c2ncn[nH]2)cn1. The zero-order valence-corrected chi connectivity index (χ0v) is 12.6. The minimum Gasteiger partial charge on any atom is -0.437 e. The van der Waals surface area contributed by atoms with Crippen molar-refractivity contribution in [1.29, 1.82) is 0 Å². The van der Waals surface area contributed by atoms with E-state index in [0.29, 0.717) is 11.4 Å². The van der Waals surface area contributed by atoms with E-state index in [1.165, 1.54) is 31.8 Å². The average Bonchev–Trinajstić information content (AvgIpc) is 3.10. The van der Waals surface area contributed by atoms with Gasteiger partial charge in [0.25, 0.3) is 0 Å². The van der Waals surface area contributed by atoms with Crippen molar-refractivity contribution in [2.75, 3.05) is 13.7 Å². The number of rotatable bonds is 6. The Morgan fingerprint density at radius 1 is 1.17 bits per heavy atom. The summed E-state index contributed by atoms with van der Waals surface area (Å²) in [6, 6.07) is 6.05. The molecular weight excluding hydrogens is 320 g/mol. The van der Waals surface area contributed by atoms with Crippen LogP contribution >= 0.6 is 0 Å². The minimum atomic E-state index is -3.16. The normalized spacial score (nSPS) is 11.5. The highest BCUT2D eigenvalue weighted by atomic mass is 19.3. The van der Waals surface area contributed by atoms with E-state index >= 15 is 0 Å². The van der Waals surface area contributed by atoms with E-state index in [4.69, 9.17) is 4.74 Å². The number of alkyl halides is 2. The largest absolute Gasteiger partial charge is 0.437 e. The first-order valence-electron chi connectivity index (χ1n) is 6.92. The van der Waals surface area contributed by atoms with Crippen molar-refractivity contribution < 1.29 is 18.3 Å². The second-order valence-electron chi connectivity index (χ2n) is 4.81. The zero-order chi connectivity index (χ0) is 17.0. The number of methoxy groups -OCH3 is 1. The lowest BCUT2D eigenvalue weighted by Gasteiger charge is -2.15. The van der Waals surface area contributed by atoms with Gasteiger partial charge in [-0.1, -0.05) is 0 Å². The van der Waals surface area contributed by atoms with Crippen molar-refractivity contribution in [3.63, 3.8) is 0 Å². The molecule has 7 nitrogen and oxygen atoms in total. The van der Waals surface area contributed by atoms with E-state index in [1.54, 1.807) is 18.3 Å². The van der Waals surface area contributed by atoms with Gasteiger partial charge in [0.05, 0.1) is 11.8 Å². The van der Waals surface area contributed by atoms with Gasteiger partial charge in [0.1, 0.15) is 24.4 Å². The fourth-order valence-electron chi connectivity index (χ4n) is 2.01. The highest BCUT2D eigenvalue weighted by molar-refractivity contribution is 5.61. The van der Waals surface area contributed by atoms with Gasteiger partial charge in [-0.15, -0.1) is 0 Å². The lowest BCUT2D eigenvalue weighted by Crippen LogP contribution is -2.21. The molecule has 0 unspecified atom stereocenters. The molecular formula is C15H13F2N5O2. The number of aromatic nitrogens is 5. The molecule has 1 N–H and O–H groups in total. The predicted molar refractivity (Wildman–Crippen MR) is 79.7 cm³/mol. The molecule has 9 heteroatoms. The summed E-state index contributed by atoms with van der Waals surface area (Å²) in [5.74, 6) is -2.16. The monoisotopic (exact) mass is 333 g/mol. The van der Waals surface area contributed by atoms with Gasteiger partial charge in [-0.05, 0) is 24.3 Å². The highest BCUT2D eigenvalue weighted by Crippen LogP contribution is 2.31. The van der Waals surface area contributed by atoms with Crippen molar-refractivity contribution in [3.8, 4) is 23.0 Å². The van der Waals surface area contributed by atoms with Gasteiger partial charge in [-0.2, -0.15) is 13.9 Å². The van der Waals surface area contributed by atoms with Crippen LogP contribution in [0.3, 0.4) is 0 Å². The molecule has 0 fully saturated rings. The van der Waals surface area contributed by atoms with Gasteiger partial charge in [0.2, 0.25) is 5.88 Å². The standard InChI is InChI=1S/C15H13F2N5O2/c1-23-8-15(16,17)12-5-4-10(7-19-12)24-14-11(3-2-6-18-14)13-20-9-21-22-13/h2-7,9H,8H2,1H3,(H,20,21,22). The lowest BCUT2D eigenvalue weighted by atomic mass is 10.2. The Labute approximate surface area is 135 Å². The molecule has 0 amide bonds. The summed E-state index contributed by atoms with van der Waals surface area (Å²) in [7, 11) is 1.21. The molecule has 0 saturated heterocycles. The molecule has 0 radical (unpaired) electrons. The van der Waals surface area contributed by atoms with Crippen LogP contribution in [0.15, 0.2) is 43.0 Å². The minimum absolute atomic E-state index is 0.257. The molecule has 3 heterocycles. The first-order valence-corrected chi connectivity index (χ1v) is 6.92. The summed E-state index contributed by atoms with van der Waals surface area (Å²) in [5.41, 5.74) is 0.192. The van der Waals surface area contributed by atoms with Crippen LogP contribution in [0.5, 0.6) is 11.6 Å². The van der Waals surface area contributed by atoms with E-state index in [0.717, 1.165) is 0 Å². The number of aromatic amines is 1. The fraction of sp³-hybridized carbons (Fsp3) is 0.200. The number of halogens is 2. The van der Waals surface area contributed by atoms with Gasteiger partial charge >= 0.3 is 5.92 Å². The van der Waals surface area contributed by atoms with Crippen LogP contribution in [0, 0.1) is 0 Å². The molecule has 0 saturated carbocycles. The number of hydrogen-bond donors (Lipinski definition) is 1. The third kappa shape index (κ3) is 3.35. The molecule has 0 aliphatic rings. The Hall–Kier alpha value is -2.94. The van der Waals surface area contributed by atoms with Gasteiger partial charge in [-0.3, -0.25) is 10.1 Å². The van der Waals surface area contributed by atoms with Gasteiger partial charge < -0.3 is 9.47 Å². The molecule has 3 aromatic heterocycles. The summed E-state index contributed by atoms with van der Waals surface area (Å²) in [5, 5.41) is 6.49. The first-order chi connectivity index (χ1) is 11.6. The third-order valence-corrected chi connectivity index (χ3v) is 3.09. The number of ether oxygens (including phenoxy) is 2. The highest BCUT2D eigenvalue weighted by Gasteiger charge is 2.33. The number of pyridine rings is 2. The molecule has 0 spiro atoms. The second kappa shape index (κ2) is 6.67. The molecule has 3 aromatic rings. The third-order valence-electron chi connectivity index (χ3n) is 3.09. The van der Waals surface area contributed by atoms with Crippen LogP contribution < -0.4 is 4.74 Å². The van der Waals surface area contributed by atoms with Crippen LogP contribution in [-0.4, -0.2) is 38.9 Å². The van der Waals surface area contributed by atoms with Crippen LogP contribution in [0.4, 0.5) is 8.78 Å². The number of H-pyrrole nitrogens is 1. The first kappa shape index (κ1) is 15.9. The quantitative estimate of drug-likeness (QED) is 0.746. The van der Waals surface area contributed by atoms with E-state index in [1.807, 2.05) is 0 Å². The molecule has 0 bridgehead atoms. The second-order valence-corrected chi connectivity index (χ2v) is 4.81. The van der Waals surface area contributed by atoms with Crippen LogP contribution in [0.1, 0.15) is 5.69 Å². The maximum Gasteiger partial charge on any atom is 0.312 e.